The average Bonchev–Trinajstić information content (AvgIpc) is 3.08. The van der Waals surface area contributed by atoms with Gasteiger partial charge >= 0.3 is 0 Å². The molecular formula is C18H20N4O2. The fourth-order valence-electron chi connectivity index (χ4n) is 2.86. The molecule has 0 bridgehead atoms. The second kappa shape index (κ2) is 6.43. The molecule has 2 aromatic heterocycles. The van der Waals surface area contributed by atoms with Gasteiger partial charge in [-0.1, -0.05) is 12.1 Å². The number of aromatic nitrogens is 3. The van der Waals surface area contributed by atoms with Crippen LogP contribution in [0.1, 0.15) is 6.99 Å². The van der Waals surface area contributed by atoms with Crippen LogP contribution in [0.4, 0.5) is 0 Å². The van der Waals surface area contributed by atoms with E-state index in [0.29, 0.717) is 13.2 Å². The van der Waals surface area contributed by atoms with Gasteiger partial charge in [0.15, 0.2) is 5.82 Å². The Bertz CT molecular complexity index is 822. The molecular weight excluding hydrogens is 304 g/mol. The van der Waals surface area contributed by atoms with Crippen LogP contribution in [0.3, 0.4) is 0 Å². The number of hydrogen-bond donors (Lipinski definition) is 2. The first-order chi connectivity index (χ1) is 11.8. The molecule has 6 nitrogen and oxygen atoms in total. The summed E-state index contributed by atoms with van der Waals surface area (Å²) < 4.78 is 5.76. The van der Waals surface area contributed by atoms with Crippen molar-refractivity contribution in [3.8, 4) is 28.4 Å². The number of hydrogen-bond acceptors (Lipinski definition) is 5. The molecule has 3 aromatic rings. The zero-order chi connectivity index (χ0) is 16.4. The van der Waals surface area contributed by atoms with E-state index in [1.807, 2.05) is 35.4 Å². The topological polar surface area (TPSA) is 74.3 Å². The Morgan fingerprint density at radius 3 is 2.88 bits per heavy atom. The van der Waals surface area contributed by atoms with Gasteiger partial charge in [0.1, 0.15) is 18.1 Å². The van der Waals surface area contributed by atoms with Gasteiger partial charge in [0, 0.05) is 44.2 Å². The second-order valence-electron chi connectivity index (χ2n) is 5.73. The number of aromatic amines is 1. The van der Waals surface area contributed by atoms with E-state index >= 15 is 0 Å². The fourth-order valence-corrected chi connectivity index (χ4v) is 2.86. The number of rotatable bonds is 3. The summed E-state index contributed by atoms with van der Waals surface area (Å²) in [5, 5.41) is 9.40. The summed E-state index contributed by atoms with van der Waals surface area (Å²) in [6.45, 7) is 2.02. The van der Waals surface area contributed by atoms with Gasteiger partial charge in [-0.05, 0) is 23.8 Å². The molecule has 0 amide bonds. The summed E-state index contributed by atoms with van der Waals surface area (Å²) >= 11 is 0. The zero-order valence-electron chi connectivity index (χ0n) is 13.1. The van der Waals surface area contributed by atoms with Gasteiger partial charge in [0.25, 0.3) is 0 Å². The van der Waals surface area contributed by atoms with Crippen LogP contribution < -0.4 is 4.74 Å². The van der Waals surface area contributed by atoms with Gasteiger partial charge in [-0.25, -0.2) is 4.98 Å². The van der Waals surface area contributed by atoms with Crippen molar-refractivity contribution in [2.45, 2.75) is 6.54 Å². The summed E-state index contributed by atoms with van der Waals surface area (Å²) in [6, 6.07) is 10.1. The summed E-state index contributed by atoms with van der Waals surface area (Å²) in [5.74, 6) is 1.64. The third kappa shape index (κ3) is 2.89. The molecule has 6 heteroatoms. The highest BCUT2D eigenvalue weighted by Gasteiger charge is 2.15. The van der Waals surface area contributed by atoms with E-state index in [-0.39, 0.29) is 8.16 Å². The maximum atomic E-state index is 9.40. The van der Waals surface area contributed by atoms with Crippen molar-refractivity contribution < 1.29 is 11.3 Å². The van der Waals surface area contributed by atoms with Crippen molar-refractivity contribution >= 4 is 0 Å². The Morgan fingerprint density at radius 2 is 2.12 bits per heavy atom. The van der Waals surface area contributed by atoms with Crippen molar-refractivity contribution in [3.63, 3.8) is 0 Å². The molecule has 0 radical (unpaired) electrons. The second-order valence-corrected chi connectivity index (χ2v) is 5.73. The number of fused-ring (bicyclic) bond motifs is 1. The average molecular weight is 324 g/mol. The first-order valence-electron chi connectivity index (χ1n) is 7.88. The molecule has 4 rings (SSSR count). The Kier molecular flexibility index (Phi) is 3.98. The smallest absolute Gasteiger partial charge is 0.155 e. The van der Waals surface area contributed by atoms with E-state index < -0.39 is 0 Å². The monoisotopic (exact) mass is 324 g/mol. The van der Waals surface area contributed by atoms with E-state index in [0.717, 1.165) is 40.5 Å². The Hall–Kier alpha value is -2.70. The van der Waals surface area contributed by atoms with Crippen LogP contribution in [0.25, 0.3) is 22.6 Å². The predicted octanol–water partition coefficient (Wildman–Crippen LogP) is 2.53. The van der Waals surface area contributed by atoms with E-state index in [4.69, 9.17) is 4.74 Å². The van der Waals surface area contributed by atoms with Gasteiger partial charge in [-0.15, -0.1) is 0 Å². The number of pyridine rings is 1. The lowest BCUT2D eigenvalue weighted by atomic mass is 10.0. The highest BCUT2D eigenvalue weighted by Crippen LogP contribution is 2.29. The molecule has 124 valence electrons. The molecule has 2 N–H and O–H groups in total. The van der Waals surface area contributed by atoms with Gasteiger partial charge in [0.2, 0.25) is 0 Å². The number of benzene rings is 1. The molecule has 1 aliphatic rings. The zero-order valence-corrected chi connectivity index (χ0v) is 13.1. The molecule has 0 atom stereocenters. The van der Waals surface area contributed by atoms with Crippen molar-refractivity contribution in [2.24, 2.45) is 0 Å². The van der Waals surface area contributed by atoms with Crippen molar-refractivity contribution in [1.29, 1.82) is 0 Å². The van der Waals surface area contributed by atoms with Crippen LogP contribution in [0, 0.1) is 0 Å². The number of imidazole rings is 1. The minimum atomic E-state index is 0. The maximum absolute atomic E-state index is 9.40. The lowest BCUT2D eigenvalue weighted by Gasteiger charge is -2.15. The van der Waals surface area contributed by atoms with Gasteiger partial charge in [-0.2, -0.15) is 0 Å². The Labute approximate surface area is 141 Å². The van der Waals surface area contributed by atoms with Crippen molar-refractivity contribution in [2.75, 3.05) is 19.9 Å². The minimum absolute atomic E-state index is 0. The van der Waals surface area contributed by atoms with E-state index in [1.54, 1.807) is 12.4 Å². The molecule has 0 saturated carbocycles. The van der Waals surface area contributed by atoms with Crippen LogP contribution in [0.5, 0.6) is 5.75 Å². The highest BCUT2D eigenvalue weighted by molar-refractivity contribution is 5.66. The molecule has 0 fully saturated rings. The maximum Gasteiger partial charge on any atom is 0.155 e. The third-order valence-corrected chi connectivity index (χ3v) is 4.16. The van der Waals surface area contributed by atoms with Crippen molar-refractivity contribution in [3.05, 3.63) is 54.5 Å². The van der Waals surface area contributed by atoms with Gasteiger partial charge in [-0.3, -0.25) is 9.88 Å². The van der Waals surface area contributed by atoms with Crippen LogP contribution in [0.15, 0.2) is 48.9 Å². The summed E-state index contributed by atoms with van der Waals surface area (Å²) in [7, 11) is 0. The van der Waals surface area contributed by atoms with Crippen molar-refractivity contribution in [1.82, 2.24) is 19.9 Å². The predicted molar refractivity (Wildman–Crippen MR) is 92.4 cm³/mol. The Morgan fingerprint density at radius 1 is 1.21 bits per heavy atom. The van der Waals surface area contributed by atoms with Crippen LogP contribution >= 0.6 is 0 Å². The third-order valence-electron chi connectivity index (χ3n) is 4.16. The molecule has 0 saturated heterocycles. The largest absolute Gasteiger partial charge is 0.492 e. The summed E-state index contributed by atoms with van der Waals surface area (Å²) in [6.07, 6.45) is 5.34. The normalized spacial score (nSPS) is 14.7. The number of nitrogens with one attached hydrogen (secondary N) is 1. The van der Waals surface area contributed by atoms with E-state index in [1.165, 1.54) is 0 Å². The van der Waals surface area contributed by atoms with E-state index in [9.17, 15) is 5.11 Å². The highest BCUT2D eigenvalue weighted by atomic mass is 16.5. The van der Waals surface area contributed by atoms with Gasteiger partial charge < -0.3 is 14.8 Å². The minimum Gasteiger partial charge on any atom is -0.492 e. The quantitative estimate of drug-likeness (QED) is 0.774. The van der Waals surface area contributed by atoms with Crippen LogP contribution in [0.2, 0.25) is 0 Å². The van der Waals surface area contributed by atoms with E-state index in [2.05, 4.69) is 21.0 Å². The number of nitrogens with zero attached hydrogens (tertiary/aromatic N) is 3. The number of aliphatic hydroxyl groups is 1. The Balaban J connectivity index is 0.00000182. The molecule has 24 heavy (non-hydrogen) atoms. The number of ether oxygens (including phenoxy) is 1. The lowest BCUT2D eigenvalue weighted by molar-refractivity contribution is 0.0945. The molecule has 1 aromatic carbocycles. The fraction of sp³-hybridized carbons (Fsp3) is 0.222. The molecule has 3 heterocycles. The summed E-state index contributed by atoms with van der Waals surface area (Å²) in [4.78, 5) is 13.7. The first-order valence-corrected chi connectivity index (χ1v) is 7.88. The van der Waals surface area contributed by atoms with Crippen LogP contribution in [-0.4, -0.2) is 44.8 Å². The van der Waals surface area contributed by atoms with Crippen LogP contribution in [-0.2, 0) is 6.54 Å². The first kappa shape index (κ1) is 14.9. The molecule has 0 aliphatic carbocycles. The standard InChI is InChI=1S/C18H18N4O2.H2/c23-12-22-7-8-24-17-4-2-13(9-15(17)11-22)14-1-3-16(21-10-14)18-19-5-6-20-18;/h1-6,9-10,23H,7-8,11-12H2,(H,19,20);1H. The molecule has 1 aliphatic heterocycles. The number of aliphatic hydroxyl groups excluding tert-OH is 1. The molecule has 0 unspecified atom stereocenters. The SMILES string of the molecule is OCN1CCOc2ccc(-c3ccc(-c4ncc[nH]4)nc3)cc2C1.[HH]. The van der Waals surface area contributed by atoms with Gasteiger partial charge in [0.05, 0.1) is 6.73 Å². The summed E-state index contributed by atoms with van der Waals surface area (Å²) in [5.41, 5.74) is 4.01. The number of H-pyrrole nitrogens is 1. The lowest BCUT2D eigenvalue weighted by Crippen LogP contribution is -2.26. The molecule has 0 spiro atoms.